The monoisotopic (exact) mass is 838 g/mol. The van der Waals surface area contributed by atoms with Crippen LogP contribution < -0.4 is 6.54 Å². The van der Waals surface area contributed by atoms with Crippen molar-refractivity contribution >= 4 is 6.54 Å². The number of rotatable bonds is 4. The second kappa shape index (κ2) is 14.5. The zero-order valence-electron chi connectivity index (χ0n) is 38.7. The Morgan fingerprint density at radius 1 is 0.404 bits per heavy atom. The predicted octanol–water partition coefficient (Wildman–Crippen LogP) is 15.5. The SMILES string of the molecule is CC(C)(C)c1ccc2c(c1)C(C1CCCCC1)c1c-2ccc(C(C)(C)C)[c]1[Zr]([CH3])([CH3])[c]1c(C(C)(C)C)ccc2c1C(C1CCCCC1)c1cc(C(C)(C)C)ccc1-2. The van der Waals surface area contributed by atoms with Crippen molar-refractivity contribution in [3.63, 3.8) is 0 Å². The van der Waals surface area contributed by atoms with E-state index in [1.54, 1.807) is 44.5 Å². The summed E-state index contributed by atoms with van der Waals surface area (Å²) in [6.45, 7) is 29.6. The third kappa shape index (κ3) is 7.17. The molecule has 4 aliphatic rings. The van der Waals surface area contributed by atoms with Gasteiger partial charge in [-0.1, -0.05) is 0 Å². The summed E-state index contributed by atoms with van der Waals surface area (Å²) in [7, 11) is 0. The van der Waals surface area contributed by atoms with Crippen LogP contribution in [0.2, 0.25) is 9.26 Å². The second-order valence-corrected chi connectivity index (χ2v) is 34.3. The number of fused-ring (bicyclic) bond motifs is 6. The molecule has 0 nitrogen and oxygen atoms in total. The van der Waals surface area contributed by atoms with Gasteiger partial charge in [-0.05, 0) is 0 Å². The first-order valence-electron chi connectivity index (χ1n) is 23.3. The number of hydrogen-bond donors (Lipinski definition) is 0. The molecule has 0 aliphatic heterocycles. The molecule has 0 N–H and O–H groups in total. The fourth-order valence-electron chi connectivity index (χ4n) is 12.4. The van der Waals surface area contributed by atoms with Crippen molar-refractivity contribution in [1.29, 1.82) is 0 Å². The zero-order valence-corrected chi connectivity index (χ0v) is 41.1. The van der Waals surface area contributed by atoms with Crippen LogP contribution in [0.4, 0.5) is 0 Å². The van der Waals surface area contributed by atoms with E-state index in [4.69, 9.17) is 0 Å². The molecule has 8 rings (SSSR count). The molecule has 57 heavy (non-hydrogen) atoms. The van der Waals surface area contributed by atoms with Gasteiger partial charge in [0.2, 0.25) is 0 Å². The zero-order chi connectivity index (χ0) is 41.0. The first-order valence-corrected chi connectivity index (χ1v) is 30.6. The standard InChI is InChI=1S/2C27H35.2CH3.Zr/c2*1-26(2,3)19-12-14-21-22-15-13-20(27(4,5)6)17-24(22)25(23(21)16-19)18-10-8-7-9-11-18;;;/h2*12-16,18,25H,7-11H2,1-6H3;2*1H3;. The van der Waals surface area contributed by atoms with Gasteiger partial charge in [-0.3, -0.25) is 0 Å². The predicted molar refractivity (Wildman–Crippen MR) is 246 cm³/mol. The van der Waals surface area contributed by atoms with E-state index in [0.29, 0.717) is 23.7 Å². The molecule has 4 aromatic rings. The van der Waals surface area contributed by atoms with Crippen molar-refractivity contribution in [1.82, 2.24) is 0 Å². The first kappa shape index (κ1) is 41.5. The summed E-state index contributed by atoms with van der Waals surface area (Å²) in [5.74, 6) is 2.40. The summed E-state index contributed by atoms with van der Waals surface area (Å²) in [6, 6.07) is 25.8. The Bertz CT molecular complexity index is 2010. The van der Waals surface area contributed by atoms with Gasteiger partial charge >= 0.3 is 356 Å². The van der Waals surface area contributed by atoms with Gasteiger partial charge in [-0.2, -0.15) is 0 Å². The molecular weight excluding hydrogens is 764 g/mol. The van der Waals surface area contributed by atoms with E-state index in [1.807, 2.05) is 6.54 Å². The summed E-state index contributed by atoms with van der Waals surface area (Å²) >= 11 is -3.61. The van der Waals surface area contributed by atoms with E-state index in [1.165, 1.54) is 86.5 Å². The van der Waals surface area contributed by atoms with Crippen LogP contribution in [0.3, 0.4) is 0 Å². The van der Waals surface area contributed by atoms with Gasteiger partial charge < -0.3 is 0 Å². The topological polar surface area (TPSA) is 0 Å². The average Bonchev–Trinajstić information content (AvgIpc) is 3.65. The van der Waals surface area contributed by atoms with Crippen molar-refractivity contribution in [3.8, 4) is 22.3 Å². The molecule has 0 saturated heterocycles. The summed E-state index contributed by atoms with van der Waals surface area (Å²) < 4.78 is 9.47. The van der Waals surface area contributed by atoms with Gasteiger partial charge in [0.05, 0.1) is 0 Å². The summed E-state index contributed by atoms with van der Waals surface area (Å²) in [6.07, 6.45) is 13.8. The van der Waals surface area contributed by atoms with Gasteiger partial charge in [-0.15, -0.1) is 0 Å². The normalized spacial score (nSPS) is 20.7. The Labute approximate surface area is 353 Å². The Morgan fingerprint density at radius 2 is 0.737 bits per heavy atom. The van der Waals surface area contributed by atoms with Crippen LogP contribution in [0.15, 0.2) is 60.7 Å². The van der Waals surface area contributed by atoms with E-state index < -0.39 is 20.3 Å². The molecule has 0 spiro atoms. The van der Waals surface area contributed by atoms with E-state index in [0.717, 1.165) is 0 Å². The fourth-order valence-corrected chi connectivity index (χ4v) is 23.3. The molecule has 0 bridgehead atoms. The van der Waals surface area contributed by atoms with Gasteiger partial charge in [0, 0.05) is 0 Å². The molecule has 0 amide bonds. The van der Waals surface area contributed by atoms with Crippen LogP contribution in [0.1, 0.15) is 204 Å². The van der Waals surface area contributed by atoms with Crippen LogP contribution in [0.5, 0.6) is 0 Å². The van der Waals surface area contributed by atoms with Crippen molar-refractivity contribution in [2.45, 2.75) is 190 Å². The van der Waals surface area contributed by atoms with Crippen LogP contribution in [-0.2, 0) is 41.9 Å². The Kier molecular flexibility index (Phi) is 10.5. The van der Waals surface area contributed by atoms with Crippen molar-refractivity contribution in [2.24, 2.45) is 11.8 Å². The van der Waals surface area contributed by atoms with Crippen molar-refractivity contribution < 1.29 is 20.3 Å². The molecule has 304 valence electrons. The molecule has 0 heterocycles. The summed E-state index contributed by atoms with van der Waals surface area (Å²) in [5.41, 5.74) is 19.7. The minimum atomic E-state index is -3.61. The summed E-state index contributed by atoms with van der Waals surface area (Å²) in [4.78, 5) is 0. The van der Waals surface area contributed by atoms with E-state index in [-0.39, 0.29) is 21.7 Å². The van der Waals surface area contributed by atoms with Crippen molar-refractivity contribution in [3.05, 3.63) is 105 Å². The maximum absolute atomic E-state index is 3.61. The van der Waals surface area contributed by atoms with Crippen LogP contribution in [0, 0.1) is 11.8 Å². The Balaban J connectivity index is 1.46. The summed E-state index contributed by atoms with van der Waals surface area (Å²) in [5, 5.41) is 0. The second-order valence-electron chi connectivity index (χ2n) is 23.9. The Hall–Kier alpha value is -2.24. The van der Waals surface area contributed by atoms with E-state index in [2.05, 4.69) is 153 Å². The molecule has 0 radical (unpaired) electrons. The van der Waals surface area contributed by atoms with Crippen LogP contribution in [-0.4, -0.2) is 0 Å². The minimum absolute atomic E-state index is 0.0498. The molecule has 2 atom stereocenters. The third-order valence-corrected chi connectivity index (χ3v) is 24.1. The average molecular weight is 840 g/mol. The van der Waals surface area contributed by atoms with E-state index in [9.17, 15) is 0 Å². The number of hydrogen-bond acceptors (Lipinski definition) is 0. The van der Waals surface area contributed by atoms with Crippen LogP contribution in [0.25, 0.3) is 22.3 Å². The Morgan fingerprint density at radius 3 is 1.05 bits per heavy atom. The van der Waals surface area contributed by atoms with Gasteiger partial charge in [-0.25, -0.2) is 0 Å². The van der Waals surface area contributed by atoms with Gasteiger partial charge in [0.15, 0.2) is 0 Å². The quantitative estimate of drug-likeness (QED) is 0.192. The molecule has 4 aliphatic carbocycles. The third-order valence-electron chi connectivity index (χ3n) is 15.3. The number of benzene rings is 4. The molecule has 2 fully saturated rings. The van der Waals surface area contributed by atoms with E-state index >= 15 is 0 Å². The van der Waals surface area contributed by atoms with Crippen LogP contribution >= 0.6 is 0 Å². The van der Waals surface area contributed by atoms with Crippen molar-refractivity contribution in [2.75, 3.05) is 0 Å². The molecule has 2 unspecified atom stereocenters. The molecular formula is C56H76Zr. The molecule has 1 heteroatoms. The first-order chi connectivity index (χ1) is 26.6. The molecule has 4 aromatic carbocycles. The van der Waals surface area contributed by atoms with Gasteiger partial charge in [0.1, 0.15) is 0 Å². The maximum atomic E-state index is 2.88. The fraction of sp³-hybridized carbons (Fsp3) is 0.571. The van der Waals surface area contributed by atoms with Gasteiger partial charge in [0.25, 0.3) is 0 Å². The molecule has 0 aromatic heterocycles. The molecule has 2 saturated carbocycles.